The largest absolute Gasteiger partial charge is 0.378 e. The highest BCUT2D eigenvalue weighted by Gasteiger charge is 2.30. The summed E-state index contributed by atoms with van der Waals surface area (Å²) < 4.78 is 32.6. The van der Waals surface area contributed by atoms with Gasteiger partial charge in [-0.1, -0.05) is 11.6 Å². The summed E-state index contributed by atoms with van der Waals surface area (Å²) in [4.78, 5) is 14.7. The highest BCUT2D eigenvalue weighted by Crippen LogP contribution is 2.27. The quantitative estimate of drug-likeness (QED) is 0.762. The summed E-state index contributed by atoms with van der Waals surface area (Å²) in [5.74, 6) is -0.219. The summed E-state index contributed by atoms with van der Waals surface area (Å²) in [7, 11) is -3.57. The van der Waals surface area contributed by atoms with E-state index in [1.54, 1.807) is 4.90 Å². The molecule has 0 N–H and O–H groups in total. The zero-order valence-corrected chi connectivity index (χ0v) is 16.6. The van der Waals surface area contributed by atoms with Crippen LogP contribution in [0.2, 0.25) is 5.02 Å². The molecule has 0 atom stereocenters. The fraction of sp³-hybridized carbons (Fsp3) is 0.611. The second-order valence-electron chi connectivity index (χ2n) is 6.70. The molecule has 0 bridgehead atoms. The van der Waals surface area contributed by atoms with Gasteiger partial charge in [0.15, 0.2) is 0 Å². The molecule has 8 heteroatoms. The van der Waals surface area contributed by atoms with Crippen molar-refractivity contribution in [3.05, 3.63) is 28.8 Å². The Morgan fingerprint density at radius 3 is 2.46 bits per heavy atom. The van der Waals surface area contributed by atoms with Crippen LogP contribution in [-0.2, 0) is 14.8 Å². The summed E-state index contributed by atoms with van der Waals surface area (Å²) in [6.45, 7) is 4.86. The highest BCUT2D eigenvalue weighted by atomic mass is 35.5. The molecular weight excluding hydrogens is 376 g/mol. The van der Waals surface area contributed by atoms with E-state index in [0.717, 1.165) is 25.7 Å². The van der Waals surface area contributed by atoms with E-state index >= 15 is 0 Å². The number of carbonyl (C=O) groups excluding carboxylic acids is 1. The molecule has 0 unspecified atom stereocenters. The van der Waals surface area contributed by atoms with Gasteiger partial charge in [-0.25, -0.2) is 8.42 Å². The summed E-state index contributed by atoms with van der Waals surface area (Å²) in [6.07, 6.45) is 3.48. The summed E-state index contributed by atoms with van der Waals surface area (Å²) in [5, 5.41) is 0.280. The topological polar surface area (TPSA) is 66.9 Å². The third-order valence-electron chi connectivity index (χ3n) is 5.00. The first-order valence-corrected chi connectivity index (χ1v) is 11.0. The molecule has 2 saturated heterocycles. The minimum Gasteiger partial charge on any atom is -0.378 e. The number of likely N-dealkylation sites (tertiary alicyclic amines) is 1. The number of ether oxygens (including phenoxy) is 1. The second kappa shape index (κ2) is 8.25. The molecule has 2 aliphatic heterocycles. The lowest BCUT2D eigenvalue weighted by atomic mass is 10.1. The Labute approximate surface area is 160 Å². The Bertz CT molecular complexity index is 754. The van der Waals surface area contributed by atoms with Crippen molar-refractivity contribution >= 4 is 27.5 Å². The van der Waals surface area contributed by atoms with E-state index < -0.39 is 10.0 Å². The Kier molecular flexibility index (Phi) is 6.22. The summed E-state index contributed by atoms with van der Waals surface area (Å²) in [6, 6.07) is 4.41. The van der Waals surface area contributed by atoms with Gasteiger partial charge >= 0.3 is 0 Å². The lowest BCUT2D eigenvalue weighted by molar-refractivity contribution is 0.0146. The van der Waals surface area contributed by atoms with E-state index in [-0.39, 0.29) is 27.5 Å². The molecule has 2 fully saturated rings. The Morgan fingerprint density at radius 1 is 1.19 bits per heavy atom. The van der Waals surface area contributed by atoms with Crippen molar-refractivity contribution in [2.24, 2.45) is 0 Å². The molecule has 0 saturated carbocycles. The fourth-order valence-electron chi connectivity index (χ4n) is 3.54. The van der Waals surface area contributed by atoms with Crippen molar-refractivity contribution in [3.8, 4) is 0 Å². The lowest BCUT2D eigenvalue weighted by Gasteiger charge is -2.32. The van der Waals surface area contributed by atoms with E-state index in [2.05, 4.69) is 0 Å². The van der Waals surface area contributed by atoms with Crippen LogP contribution in [-0.4, -0.2) is 62.4 Å². The van der Waals surface area contributed by atoms with Crippen molar-refractivity contribution in [2.45, 2.75) is 43.6 Å². The van der Waals surface area contributed by atoms with Gasteiger partial charge < -0.3 is 9.64 Å². The number of rotatable bonds is 5. The first-order chi connectivity index (χ1) is 12.4. The van der Waals surface area contributed by atoms with Crippen LogP contribution in [0.25, 0.3) is 0 Å². The van der Waals surface area contributed by atoms with Gasteiger partial charge in [0.1, 0.15) is 0 Å². The van der Waals surface area contributed by atoms with Crippen molar-refractivity contribution in [1.82, 2.24) is 9.21 Å². The van der Waals surface area contributed by atoms with Crippen LogP contribution in [0.4, 0.5) is 0 Å². The molecule has 1 aromatic rings. The molecule has 2 heterocycles. The van der Waals surface area contributed by atoms with Crippen LogP contribution in [0, 0.1) is 0 Å². The summed E-state index contributed by atoms with van der Waals surface area (Å²) in [5.41, 5.74) is 0.252. The first-order valence-electron chi connectivity index (χ1n) is 9.14. The predicted octanol–water partition coefficient (Wildman–Crippen LogP) is 2.77. The predicted molar refractivity (Wildman–Crippen MR) is 100.0 cm³/mol. The summed E-state index contributed by atoms with van der Waals surface area (Å²) >= 11 is 6.22. The van der Waals surface area contributed by atoms with Gasteiger partial charge in [-0.2, -0.15) is 4.31 Å². The van der Waals surface area contributed by atoms with E-state index in [1.807, 2.05) is 6.92 Å². The second-order valence-corrected chi connectivity index (χ2v) is 9.04. The van der Waals surface area contributed by atoms with Crippen molar-refractivity contribution in [1.29, 1.82) is 0 Å². The van der Waals surface area contributed by atoms with Gasteiger partial charge in [0.25, 0.3) is 5.91 Å². The number of piperidine rings is 1. The van der Waals surface area contributed by atoms with Crippen molar-refractivity contribution < 1.29 is 17.9 Å². The van der Waals surface area contributed by atoms with Crippen molar-refractivity contribution in [2.75, 3.05) is 32.8 Å². The number of halogens is 1. The van der Waals surface area contributed by atoms with Gasteiger partial charge in [0, 0.05) is 32.8 Å². The van der Waals surface area contributed by atoms with Gasteiger partial charge in [-0.05, 0) is 50.8 Å². The maximum absolute atomic E-state index is 12.9. The minimum absolute atomic E-state index is 0.136. The molecule has 1 aromatic carbocycles. The number of hydrogen-bond donors (Lipinski definition) is 0. The van der Waals surface area contributed by atoms with Crippen molar-refractivity contribution in [3.63, 3.8) is 0 Å². The molecule has 3 rings (SSSR count). The zero-order valence-electron chi connectivity index (χ0n) is 15.0. The maximum Gasteiger partial charge on any atom is 0.255 e. The molecule has 26 heavy (non-hydrogen) atoms. The smallest absolute Gasteiger partial charge is 0.255 e. The van der Waals surface area contributed by atoms with Crippen LogP contribution in [0.15, 0.2) is 23.1 Å². The highest BCUT2D eigenvalue weighted by molar-refractivity contribution is 7.89. The lowest BCUT2D eigenvalue weighted by Crippen LogP contribution is -2.41. The molecule has 6 nitrogen and oxygen atoms in total. The monoisotopic (exact) mass is 400 g/mol. The third kappa shape index (κ3) is 4.06. The van der Waals surface area contributed by atoms with E-state index in [1.165, 1.54) is 22.5 Å². The van der Waals surface area contributed by atoms with Crippen LogP contribution >= 0.6 is 11.6 Å². The molecule has 0 spiro atoms. The number of benzene rings is 1. The third-order valence-corrected chi connectivity index (χ3v) is 7.23. The zero-order chi connectivity index (χ0) is 18.7. The SMILES string of the molecule is CCOC1CCN(C(=O)c2cc(S(=O)(=O)N3CCCC3)ccc2Cl)CC1. The number of nitrogens with zero attached hydrogens (tertiary/aromatic N) is 2. The fourth-order valence-corrected chi connectivity index (χ4v) is 5.28. The molecule has 1 amide bonds. The molecule has 0 radical (unpaired) electrons. The minimum atomic E-state index is -3.57. The molecule has 2 aliphatic rings. The molecule has 0 aromatic heterocycles. The van der Waals surface area contributed by atoms with Gasteiger partial charge in [-0.15, -0.1) is 0 Å². The Balaban J connectivity index is 1.79. The average molecular weight is 401 g/mol. The standard InChI is InChI=1S/C18H25ClN2O4S/c1-2-25-14-7-11-20(12-8-14)18(22)16-13-15(5-6-17(16)19)26(23,24)21-9-3-4-10-21/h5-6,13-14H,2-4,7-12H2,1H3. The van der Waals surface area contributed by atoms with E-state index in [9.17, 15) is 13.2 Å². The number of hydrogen-bond acceptors (Lipinski definition) is 4. The normalized spacial score (nSPS) is 19.8. The van der Waals surface area contributed by atoms with E-state index in [0.29, 0.717) is 32.8 Å². The van der Waals surface area contributed by atoms with Gasteiger partial charge in [0.2, 0.25) is 10.0 Å². The first kappa shape index (κ1) is 19.6. The molecular formula is C18H25ClN2O4S. The number of carbonyl (C=O) groups is 1. The van der Waals surface area contributed by atoms with Crippen LogP contribution in [0.5, 0.6) is 0 Å². The maximum atomic E-state index is 12.9. The van der Waals surface area contributed by atoms with Crippen LogP contribution in [0.1, 0.15) is 43.0 Å². The van der Waals surface area contributed by atoms with Gasteiger partial charge in [-0.3, -0.25) is 4.79 Å². The van der Waals surface area contributed by atoms with Gasteiger partial charge in [0.05, 0.1) is 21.6 Å². The molecule has 0 aliphatic carbocycles. The Morgan fingerprint density at radius 2 is 1.85 bits per heavy atom. The van der Waals surface area contributed by atoms with Crippen LogP contribution in [0.3, 0.4) is 0 Å². The molecule has 144 valence electrons. The van der Waals surface area contributed by atoms with Crippen LogP contribution < -0.4 is 0 Å². The average Bonchev–Trinajstić information content (AvgIpc) is 3.18. The number of amides is 1. The van der Waals surface area contributed by atoms with E-state index in [4.69, 9.17) is 16.3 Å². The number of sulfonamides is 1. The Hall–Kier alpha value is -1.15.